The maximum absolute atomic E-state index is 12.9. The van der Waals surface area contributed by atoms with Gasteiger partial charge in [-0.25, -0.2) is 13.4 Å². The molecular formula is C20H15ClF3N3O3S. The highest BCUT2D eigenvalue weighted by Gasteiger charge is 2.31. The van der Waals surface area contributed by atoms with Crippen molar-refractivity contribution in [2.45, 2.75) is 18.0 Å². The van der Waals surface area contributed by atoms with Gasteiger partial charge in [0.1, 0.15) is 5.82 Å². The average molecular weight is 470 g/mol. The first-order chi connectivity index (χ1) is 14.5. The smallest absolute Gasteiger partial charge is 0.307 e. The van der Waals surface area contributed by atoms with Crippen LogP contribution in [0.2, 0.25) is 5.02 Å². The minimum atomic E-state index is -4.63. The van der Waals surface area contributed by atoms with E-state index in [1.54, 1.807) is 12.1 Å². The van der Waals surface area contributed by atoms with Crippen LogP contribution in [-0.2, 0) is 16.2 Å². The summed E-state index contributed by atoms with van der Waals surface area (Å²) in [4.78, 5) is 16.2. The summed E-state index contributed by atoms with van der Waals surface area (Å²) in [6.07, 6.45) is -3.09. The lowest BCUT2D eigenvalue weighted by Crippen LogP contribution is -2.17. The molecule has 0 spiro atoms. The molecule has 11 heteroatoms. The summed E-state index contributed by atoms with van der Waals surface area (Å²) in [5.41, 5.74) is -0.546. The topological polar surface area (TPSA) is 88.2 Å². The number of sulfonamides is 1. The van der Waals surface area contributed by atoms with Crippen LogP contribution >= 0.6 is 11.6 Å². The third kappa shape index (κ3) is 5.53. The molecule has 0 saturated heterocycles. The van der Waals surface area contributed by atoms with E-state index in [2.05, 4.69) is 15.0 Å². The molecule has 0 bridgehead atoms. The highest BCUT2D eigenvalue weighted by atomic mass is 35.5. The van der Waals surface area contributed by atoms with Gasteiger partial charge in [-0.05, 0) is 55.0 Å². The van der Waals surface area contributed by atoms with Crippen molar-refractivity contribution in [2.24, 2.45) is 0 Å². The number of carbonyl (C=O) groups is 1. The van der Waals surface area contributed by atoms with E-state index < -0.39 is 27.7 Å². The number of benzene rings is 2. The summed E-state index contributed by atoms with van der Waals surface area (Å²) in [5, 5.41) is 2.49. The molecule has 1 aromatic heterocycles. The van der Waals surface area contributed by atoms with Crippen molar-refractivity contribution in [1.82, 2.24) is 4.98 Å². The lowest BCUT2D eigenvalue weighted by atomic mass is 10.2. The molecule has 1 heterocycles. The van der Waals surface area contributed by atoms with Gasteiger partial charge in [0.25, 0.3) is 15.9 Å². The number of carbonyl (C=O) groups excluding carboxylic acids is 1. The summed E-state index contributed by atoms with van der Waals surface area (Å²) in [6.45, 7) is 1.82. The molecule has 162 valence electrons. The van der Waals surface area contributed by atoms with Gasteiger partial charge in [0.15, 0.2) is 0 Å². The second-order valence-electron chi connectivity index (χ2n) is 6.50. The number of aryl methyl sites for hydroxylation is 1. The monoisotopic (exact) mass is 469 g/mol. The van der Waals surface area contributed by atoms with Crippen LogP contribution in [0.15, 0.2) is 65.7 Å². The van der Waals surface area contributed by atoms with Gasteiger partial charge in [-0.3, -0.25) is 9.52 Å². The number of aromatic nitrogens is 1. The zero-order valence-electron chi connectivity index (χ0n) is 15.9. The fourth-order valence-corrected chi connectivity index (χ4v) is 3.82. The fraction of sp³-hybridized carbons (Fsp3) is 0.100. The molecule has 1 amide bonds. The van der Waals surface area contributed by atoms with E-state index in [0.29, 0.717) is 6.07 Å². The second-order valence-corrected chi connectivity index (χ2v) is 8.59. The first-order valence-corrected chi connectivity index (χ1v) is 10.6. The Balaban J connectivity index is 1.87. The number of alkyl halides is 3. The summed E-state index contributed by atoms with van der Waals surface area (Å²) in [5.74, 6) is -0.459. The van der Waals surface area contributed by atoms with Crippen LogP contribution in [0.25, 0.3) is 0 Å². The Kier molecular flexibility index (Phi) is 6.23. The van der Waals surface area contributed by atoms with E-state index in [1.807, 2.05) is 6.92 Å². The lowest BCUT2D eigenvalue weighted by molar-refractivity contribution is -0.137. The molecule has 3 aromatic rings. The van der Waals surface area contributed by atoms with Crippen molar-refractivity contribution in [2.75, 3.05) is 10.0 Å². The Bertz CT molecular complexity index is 1230. The molecule has 0 aliphatic heterocycles. The van der Waals surface area contributed by atoms with Gasteiger partial charge in [0.05, 0.1) is 21.0 Å². The second kappa shape index (κ2) is 8.56. The molecular weight excluding hydrogens is 455 g/mol. The van der Waals surface area contributed by atoms with Crippen LogP contribution in [0.5, 0.6) is 0 Å². The number of rotatable bonds is 5. The fourth-order valence-electron chi connectivity index (χ4n) is 2.54. The highest BCUT2D eigenvalue weighted by Crippen LogP contribution is 2.31. The first kappa shape index (κ1) is 22.6. The van der Waals surface area contributed by atoms with E-state index in [0.717, 1.165) is 29.8 Å². The first-order valence-electron chi connectivity index (χ1n) is 8.69. The molecule has 0 unspecified atom stereocenters. The molecule has 31 heavy (non-hydrogen) atoms. The third-order valence-corrected chi connectivity index (χ3v) is 5.80. The van der Waals surface area contributed by atoms with Crippen molar-refractivity contribution in [3.05, 3.63) is 82.5 Å². The number of pyridine rings is 1. The van der Waals surface area contributed by atoms with Gasteiger partial charge < -0.3 is 5.32 Å². The highest BCUT2D eigenvalue weighted by molar-refractivity contribution is 7.92. The molecule has 6 nitrogen and oxygen atoms in total. The summed E-state index contributed by atoms with van der Waals surface area (Å²) in [6, 6.07) is 10.4. The van der Waals surface area contributed by atoms with E-state index in [9.17, 15) is 26.4 Å². The van der Waals surface area contributed by atoms with Gasteiger partial charge in [-0.2, -0.15) is 13.2 Å². The zero-order chi connectivity index (χ0) is 22.8. The van der Waals surface area contributed by atoms with E-state index in [4.69, 9.17) is 11.6 Å². The normalized spacial score (nSPS) is 11.8. The molecule has 0 aliphatic rings. The van der Waals surface area contributed by atoms with E-state index in [1.165, 1.54) is 18.3 Å². The molecule has 2 N–H and O–H groups in total. The Morgan fingerprint density at radius 1 is 1.06 bits per heavy atom. The minimum Gasteiger partial charge on any atom is -0.307 e. The molecule has 0 atom stereocenters. The number of hydrogen-bond donors (Lipinski definition) is 2. The molecule has 2 aromatic carbocycles. The standard InChI is InChI=1S/C20H15ClF3N3O3S/c1-12-5-8-18(25-11-12)26-19(28)16-10-15(6-7-17(16)21)31(29,30)27-14-4-2-3-13(9-14)20(22,23)24/h2-11,27H,1H3,(H,25,26,28). The van der Waals surface area contributed by atoms with Crippen molar-refractivity contribution in [3.63, 3.8) is 0 Å². The predicted molar refractivity (Wildman–Crippen MR) is 111 cm³/mol. The van der Waals surface area contributed by atoms with Gasteiger partial charge in [-0.15, -0.1) is 0 Å². The zero-order valence-corrected chi connectivity index (χ0v) is 17.4. The third-order valence-electron chi connectivity index (χ3n) is 4.09. The number of nitrogens with one attached hydrogen (secondary N) is 2. The van der Waals surface area contributed by atoms with Crippen molar-refractivity contribution >= 4 is 39.0 Å². The van der Waals surface area contributed by atoms with Crippen LogP contribution in [0, 0.1) is 6.92 Å². The Morgan fingerprint density at radius 3 is 2.45 bits per heavy atom. The maximum atomic E-state index is 12.9. The predicted octanol–water partition coefficient (Wildman–Crippen LogP) is 5.12. The van der Waals surface area contributed by atoms with Crippen molar-refractivity contribution < 1.29 is 26.4 Å². The van der Waals surface area contributed by atoms with Gasteiger partial charge in [0, 0.05) is 11.9 Å². The number of halogens is 4. The van der Waals surface area contributed by atoms with Crippen LogP contribution in [0.3, 0.4) is 0 Å². The van der Waals surface area contributed by atoms with Gasteiger partial charge in [0.2, 0.25) is 0 Å². The van der Waals surface area contributed by atoms with Gasteiger partial charge in [-0.1, -0.05) is 23.7 Å². The molecule has 0 radical (unpaired) electrons. The van der Waals surface area contributed by atoms with Crippen molar-refractivity contribution in [3.8, 4) is 0 Å². The minimum absolute atomic E-state index is 0.0115. The summed E-state index contributed by atoms with van der Waals surface area (Å²) < 4.78 is 66.0. The Labute approximate surface area is 181 Å². The molecule has 3 rings (SSSR count). The summed E-state index contributed by atoms with van der Waals surface area (Å²) >= 11 is 6.04. The summed E-state index contributed by atoms with van der Waals surface area (Å²) in [7, 11) is -4.30. The van der Waals surface area contributed by atoms with Crippen LogP contribution in [0.4, 0.5) is 24.7 Å². The maximum Gasteiger partial charge on any atom is 0.416 e. The molecule has 0 aliphatic carbocycles. The van der Waals surface area contributed by atoms with Crippen LogP contribution < -0.4 is 10.0 Å². The van der Waals surface area contributed by atoms with E-state index >= 15 is 0 Å². The average Bonchev–Trinajstić information content (AvgIpc) is 2.69. The Hall–Kier alpha value is -3.11. The number of nitrogens with zero attached hydrogens (tertiary/aromatic N) is 1. The number of anilines is 2. The van der Waals surface area contributed by atoms with Crippen molar-refractivity contribution in [1.29, 1.82) is 0 Å². The SMILES string of the molecule is Cc1ccc(NC(=O)c2cc(S(=O)(=O)Nc3cccc(C(F)(F)F)c3)ccc2Cl)nc1. The lowest BCUT2D eigenvalue weighted by Gasteiger charge is -2.12. The number of amides is 1. The molecule has 0 saturated carbocycles. The van der Waals surface area contributed by atoms with E-state index in [-0.39, 0.29) is 27.0 Å². The Morgan fingerprint density at radius 2 is 1.81 bits per heavy atom. The number of hydrogen-bond acceptors (Lipinski definition) is 4. The van der Waals surface area contributed by atoms with Gasteiger partial charge >= 0.3 is 6.18 Å². The molecule has 0 fully saturated rings. The van der Waals surface area contributed by atoms with Crippen LogP contribution in [-0.4, -0.2) is 19.3 Å². The largest absolute Gasteiger partial charge is 0.416 e. The quantitative estimate of drug-likeness (QED) is 0.543. The van der Waals surface area contributed by atoms with Crippen LogP contribution in [0.1, 0.15) is 21.5 Å².